The number of aromatic nitrogens is 2. The first-order chi connectivity index (χ1) is 6.90. The molecule has 2 aromatic rings. The van der Waals surface area contributed by atoms with Gasteiger partial charge >= 0.3 is 0 Å². The van der Waals surface area contributed by atoms with E-state index in [9.17, 15) is 0 Å². The van der Waals surface area contributed by atoms with Crippen molar-refractivity contribution in [3.05, 3.63) is 22.1 Å². The number of rotatable bonds is 4. The number of hydrogen-bond donors (Lipinski definition) is 1. The summed E-state index contributed by atoms with van der Waals surface area (Å²) < 4.78 is 0. The fraction of sp³-hybridized carbons (Fsp3) is 0.333. The molecule has 0 amide bonds. The van der Waals surface area contributed by atoms with Crippen LogP contribution in [0.3, 0.4) is 0 Å². The molecular formula is C9H11N3S2. The minimum Gasteiger partial charge on any atom is -0.319 e. The summed E-state index contributed by atoms with van der Waals surface area (Å²) in [6.45, 7) is 0.982. The minimum atomic E-state index is 0.982. The average molecular weight is 225 g/mol. The zero-order valence-corrected chi connectivity index (χ0v) is 9.49. The van der Waals surface area contributed by atoms with Gasteiger partial charge in [0.15, 0.2) is 0 Å². The van der Waals surface area contributed by atoms with Crippen LogP contribution in [0.1, 0.15) is 5.01 Å². The van der Waals surface area contributed by atoms with Gasteiger partial charge in [-0.25, -0.2) is 4.98 Å². The summed E-state index contributed by atoms with van der Waals surface area (Å²) in [6, 6.07) is 0. The first-order valence-electron chi connectivity index (χ1n) is 4.38. The Balaban J connectivity index is 2.10. The van der Waals surface area contributed by atoms with E-state index >= 15 is 0 Å². The summed E-state index contributed by atoms with van der Waals surface area (Å²) in [5.74, 6) is 0. The second-order valence-corrected chi connectivity index (χ2v) is 4.67. The molecule has 5 heteroatoms. The molecule has 0 aliphatic heterocycles. The van der Waals surface area contributed by atoms with Crippen LogP contribution in [-0.2, 0) is 6.42 Å². The maximum absolute atomic E-state index is 4.54. The van der Waals surface area contributed by atoms with Crippen molar-refractivity contribution in [2.75, 3.05) is 13.6 Å². The molecule has 2 rings (SSSR count). The highest BCUT2D eigenvalue weighted by Gasteiger charge is 2.04. The zero-order chi connectivity index (χ0) is 9.80. The van der Waals surface area contributed by atoms with E-state index in [1.54, 1.807) is 22.7 Å². The van der Waals surface area contributed by atoms with Crippen LogP contribution in [0.4, 0.5) is 0 Å². The van der Waals surface area contributed by atoms with Gasteiger partial charge in [-0.2, -0.15) is 0 Å². The Morgan fingerprint density at radius 2 is 2.36 bits per heavy atom. The van der Waals surface area contributed by atoms with E-state index in [2.05, 4.69) is 20.7 Å². The summed E-state index contributed by atoms with van der Waals surface area (Å²) in [7, 11) is 1.96. The summed E-state index contributed by atoms with van der Waals surface area (Å²) >= 11 is 3.35. The molecule has 0 saturated carbocycles. The van der Waals surface area contributed by atoms with E-state index in [1.165, 1.54) is 5.01 Å². The molecule has 0 spiro atoms. The fourth-order valence-corrected chi connectivity index (χ4v) is 2.57. The van der Waals surface area contributed by atoms with Crippen LogP contribution in [0.2, 0.25) is 0 Å². The highest BCUT2D eigenvalue weighted by Crippen LogP contribution is 2.24. The predicted octanol–water partition coefficient (Wildman–Crippen LogP) is 2.03. The number of likely N-dealkylation sites (N-methyl/N-ethyl adjacent to an activating group) is 1. The van der Waals surface area contributed by atoms with Crippen LogP contribution in [0.5, 0.6) is 0 Å². The molecule has 0 atom stereocenters. The Morgan fingerprint density at radius 3 is 3.07 bits per heavy atom. The number of nitrogens with one attached hydrogen (secondary N) is 1. The van der Waals surface area contributed by atoms with Crippen LogP contribution in [0, 0.1) is 0 Å². The lowest BCUT2D eigenvalue weighted by atomic mass is 10.4. The van der Waals surface area contributed by atoms with E-state index in [0.717, 1.165) is 23.5 Å². The third kappa shape index (κ3) is 2.17. The molecule has 14 heavy (non-hydrogen) atoms. The Bertz CT molecular complexity index is 380. The van der Waals surface area contributed by atoms with Crippen LogP contribution in [0.15, 0.2) is 17.1 Å². The maximum Gasteiger partial charge on any atom is 0.0945 e. The molecule has 2 heterocycles. The van der Waals surface area contributed by atoms with Crippen molar-refractivity contribution in [1.29, 1.82) is 0 Å². The van der Waals surface area contributed by atoms with Gasteiger partial charge in [0.25, 0.3) is 0 Å². The molecule has 3 nitrogen and oxygen atoms in total. The topological polar surface area (TPSA) is 37.8 Å². The van der Waals surface area contributed by atoms with Gasteiger partial charge in [0.1, 0.15) is 0 Å². The first-order valence-corrected chi connectivity index (χ1v) is 6.14. The van der Waals surface area contributed by atoms with Gasteiger partial charge < -0.3 is 5.32 Å². The van der Waals surface area contributed by atoms with Crippen LogP contribution in [0.25, 0.3) is 10.6 Å². The lowest BCUT2D eigenvalue weighted by Gasteiger charge is -1.93. The third-order valence-electron chi connectivity index (χ3n) is 1.83. The molecular weight excluding hydrogens is 214 g/mol. The molecule has 0 fully saturated rings. The van der Waals surface area contributed by atoms with Crippen molar-refractivity contribution in [2.45, 2.75) is 6.42 Å². The van der Waals surface area contributed by atoms with Crippen molar-refractivity contribution in [1.82, 2.24) is 15.3 Å². The van der Waals surface area contributed by atoms with Crippen LogP contribution >= 0.6 is 22.7 Å². The number of hydrogen-bond acceptors (Lipinski definition) is 5. The highest BCUT2D eigenvalue weighted by atomic mass is 32.1. The second-order valence-electron chi connectivity index (χ2n) is 2.85. The molecule has 0 aromatic carbocycles. The zero-order valence-electron chi connectivity index (χ0n) is 7.86. The summed E-state index contributed by atoms with van der Waals surface area (Å²) in [5, 5.41) is 6.40. The molecule has 0 aliphatic carbocycles. The third-order valence-corrected chi connectivity index (χ3v) is 3.53. The quantitative estimate of drug-likeness (QED) is 0.865. The van der Waals surface area contributed by atoms with E-state index in [4.69, 9.17) is 0 Å². The minimum absolute atomic E-state index is 0.982. The van der Waals surface area contributed by atoms with Gasteiger partial charge in [-0.1, -0.05) is 0 Å². The fourth-order valence-electron chi connectivity index (χ4n) is 1.11. The van der Waals surface area contributed by atoms with Crippen molar-refractivity contribution in [3.63, 3.8) is 0 Å². The van der Waals surface area contributed by atoms with Gasteiger partial charge in [0.05, 0.1) is 21.1 Å². The van der Waals surface area contributed by atoms with Crippen molar-refractivity contribution in [3.8, 4) is 10.6 Å². The van der Waals surface area contributed by atoms with Gasteiger partial charge in [0.2, 0.25) is 0 Å². The van der Waals surface area contributed by atoms with E-state index < -0.39 is 0 Å². The molecule has 2 aromatic heterocycles. The Morgan fingerprint density at radius 1 is 1.43 bits per heavy atom. The molecule has 0 saturated heterocycles. The normalized spacial score (nSPS) is 10.6. The first kappa shape index (κ1) is 9.76. The molecule has 74 valence electrons. The van der Waals surface area contributed by atoms with Crippen LogP contribution < -0.4 is 5.32 Å². The number of nitrogens with zero attached hydrogens (tertiary/aromatic N) is 2. The van der Waals surface area contributed by atoms with Gasteiger partial charge in [-0.3, -0.25) is 4.98 Å². The lowest BCUT2D eigenvalue weighted by Crippen LogP contribution is -2.09. The number of thiazole rings is 2. The lowest BCUT2D eigenvalue weighted by molar-refractivity contribution is 0.788. The second kappa shape index (κ2) is 4.63. The monoisotopic (exact) mass is 225 g/mol. The Hall–Kier alpha value is -0.780. The van der Waals surface area contributed by atoms with Crippen molar-refractivity contribution < 1.29 is 0 Å². The smallest absolute Gasteiger partial charge is 0.0945 e. The summed E-state index contributed by atoms with van der Waals surface area (Å²) in [4.78, 5) is 9.73. The molecule has 0 unspecified atom stereocenters. The Kier molecular flexibility index (Phi) is 3.23. The van der Waals surface area contributed by atoms with Crippen molar-refractivity contribution >= 4 is 22.7 Å². The SMILES string of the molecule is CNCCc1nc(-c2cncs2)cs1. The van der Waals surface area contributed by atoms with Gasteiger partial charge in [-0.05, 0) is 7.05 Å². The van der Waals surface area contributed by atoms with Crippen LogP contribution in [-0.4, -0.2) is 23.6 Å². The van der Waals surface area contributed by atoms with E-state index in [1.807, 2.05) is 18.8 Å². The highest BCUT2D eigenvalue weighted by molar-refractivity contribution is 7.14. The largest absolute Gasteiger partial charge is 0.319 e. The average Bonchev–Trinajstić information content (AvgIpc) is 2.85. The molecule has 1 N–H and O–H groups in total. The standard InChI is InChI=1S/C9H11N3S2/c1-10-3-2-9-12-7(5-13-9)8-4-11-6-14-8/h4-6,10H,2-3H2,1H3. The van der Waals surface area contributed by atoms with Gasteiger partial charge in [-0.15, -0.1) is 22.7 Å². The summed E-state index contributed by atoms with van der Waals surface area (Å²) in [5.41, 5.74) is 2.89. The molecule has 0 radical (unpaired) electrons. The maximum atomic E-state index is 4.54. The Labute approximate surface area is 90.9 Å². The van der Waals surface area contributed by atoms with Crippen molar-refractivity contribution in [2.24, 2.45) is 0 Å². The predicted molar refractivity (Wildman–Crippen MR) is 60.9 cm³/mol. The van der Waals surface area contributed by atoms with Gasteiger partial charge in [0, 0.05) is 24.5 Å². The molecule has 0 bridgehead atoms. The van der Waals surface area contributed by atoms with E-state index in [0.29, 0.717) is 0 Å². The molecule has 0 aliphatic rings. The summed E-state index contributed by atoms with van der Waals surface area (Å²) in [6.07, 6.45) is 2.86. The van der Waals surface area contributed by atoms with E-state index in [-0.39, 0.29) is 0 Å².